The van der Waals surface area contributed by atoms with Crippen molar-refractivity contribution in [3.8, 4) is 0 Å². The number of benzene rings is 1. The van der Waals surface area contributed by atoms with E-state index >= 15 is 0 Å². The second kappa shape index (κ2) is 6.17. The molecule has 0 radical (unpaired) electrons. The second-order valence-corrected chi connectivity index (χ2v) is 5.25. The van der Waals surface area contributed by atoms with Crippen molar-refractivity contribution in [3.63, 3.8) is 0 Å². The molecule has 17 heavy (non-hydrogen) atoms. The summed E-state index contributed by atoms with van der Waals surface area (Å²) in [5, 5.41) is 2.97. The molecule has 4 heteroatoms. The van der Waals surface area contributed by atoms with Gasteiger partial charge in [-0.2, -0.15) is 0 Å². The Labute approximate surface area is 111 Å². The number of amides is 1. The number of hydrogen-bond acceptors (Lipinski definition) is 2. The minimum Gasteiger partial charge on any atom is -0.349 e. The Morgan fingerprint density at radius 2 is 1.88 bits per heavy atom. The summed E-state index contributed by atoms with van der Waals surface area (Å²) in [6.45, 7) is 5.64. The van der Waals surface area contributed by atoms with E-state index in [-0.39, 0.29) is 23.9 Å². The Morgan fingerprint density at radius 1 is 1.29 bits per heavy atom. The van der Waals surface area contributed by atoms with Crippen LogP contribution < -0.4 is 11.1 Å². The molecular weight excluding hydrogens is 280 g/mol. The number of carbonyl (C=O) groups excluding carboxylic acids is 1. The lowest BCUT2D eigenvalue weighted by molar-refractivity contribution is -0.125. The molecule has 0 aliphatic carbocycles. The maximum atomic E-state index is 11.9. The smallest absolute Gasteiger partial charge is 0.224 e. The van der Waals surface area contributed by atoms with Crippen molar-refractivity contribution in [3.05, 3.63) is 34.3 Å². The minimum absolute atomic E-state index is 0.0109. The third kappa shape index (κ3) is 3.82. The summed E-state index contributed by atoms with van der Waals surface area (Å²) in [4.78, 5) is 11.9. The van der Waals surface area contributed by atoms with Crippen molar-refractivity contribution in [2.45, 2.75) is 32.9 Å². The summed E-state index contributed by atoms with van der Waals surface area (Å²) in [6, 6.07) is 7.70. The molecule has 0 fully saturated rings. The molecule has 1 amide bonds. The van der Waals surface area contributed by atoms with Gasteiger partial charge in [-0.15, -0.1) is 0 Å². The van der Waals surface area contributed by atoms with Gasteiger partial charge in [-0.25, -0.2) is 0 Å². The first-order valence-corrected chi connectivity index (χ1v) is 6.53. The fourth-order valence-corrected chi connectivity index (χ4v) is 2.12. The summed E-state index contributed by atoms with van der Waals surface area (Å²) in [5.74, 6) is -0.191. The first-order valence-electron chi connectivity index (χ1n) is 5.74. The van der Waals surface area contributed by atoms with E-state index in [1.165, 1.54) is 0 Å². The molecule has 3 nitrogen and oxygen atoms in total. The van der Waals surface area contributed by atoms with E-state index in [4.69, 9.17) is 5.73 Å². The Bertz CT molecular complexity index is 393. The van der Waals surface area contributed by atoms with Crippen LogP contribution in [0.15, 0.2) is 28.7 Å². The van der Waals surface area contributed by atoms with Crippen LogP contribution in [-0.2, 0) is 4.79 Å². The third-order valence-electron chi connectivity index (χ3n) is 2.93. The summed E-state index contributed by atoms with van der Waals surface area (Å²) >= 11 is 3.48. The van der Waals surface area contributed by atoms with E-state index in [2.05, 4.69) is 21.2 Å². The van der Waals surface area contributed by atoms with Crippen LogP contribution in [0.4, 0.5) is 0 Å². The van der Waals surface area contributed by atoms with Crippen LogP contribution in [0.25, 0.3) is 0 Å². The zero-order chi connectivity index (χ0) is 13.0. The van der Waals surface area contributed by atoms with E-state index in [9.17, 15) is 4.79 Å². The van der Waals surface area contributed by atoms with Crippen LogP contribution in [0.5, 0.6) is 0 Å². The second-order valence-electron chi connectivity index (χ2n) is 4.40. The summed E-state index contributed by atoms with van der Waals surface area (Å²) in [6.07, 6.45) is 0. The summed E-state index contributed by atoms with van der Waals surface area (Å²) in [7, 11) is 0. The molecule has 1 aromatic rings. The van der Waals surface area contributed by atoms with E-state index in [0.717, 1.165) is 10.0 Å². The molecule has 0 saturated heterocycles. The van der Waals surface area contributed by atoms with Gasteiger partial charge in [0.05, 0.1) is 6.04 Å². The highest BCUT2D eigenvalue weighted by Gasteiger charge is 2.19. The monoisotopic (exact) mass is 298 g/mol. The van der Waals surface area contributed by atoms with Crippen LogP contribution in [-0.4, -0.2) is 11.9 Å². The number of carbonyl (C=O) groups is 1. The first kappa shape index (κ1) is 14.2. The van der Waals surface area contributed by atoms with E-state index in [1.807, 2.05) is 45.0 Å². The number of rotatable bonds is 4. The van der Waals surface area contributed by atoms with Crippen molar-refractivity contribution in [1.29, 1.82) is 0 Å². The molecule has 0 bridgehead atoms. The number of halogens is 1. The lowest BCUT2D eigenvalue weighted by atomic mass is 10.0. The summed E-state index contributed by atoms with van der Waals surface area (Å²) in [5.41, 5.74) is 6.78. The molecule has 3 atom stereocenters. The van der Waals surface area contributed by atoms with Crippen LogP contribution in [0, 0.1) is 5.92 Å². The molecule has 3 N–H and O–H groups in total. The van der Waals surface area contributed by atoms with Gasteiger partial charge in [0, 0.05) is 16.4 Å². The fourth-order valence-electron chi connectivity index (χ4n) is 1.49. The number of nitrogens with one attached hydrogen (secondary N) is 1. The molecular formula is C13H19BrN2O. The Morgan fingerprint density at radius 3 is 2.41 bits per heavy atom. The van der Waals surface area contributed by atoms with Crippen molar-refractivity contribution < 1.29 is 4.79 Å². The van der Waals surface area contributed by atoms with Crippen molar-refractivity contribution >= 4 is 21.8 Å². The molecule has 0 aliphatic heterocycles. The quantitative estimate of drug-likeness (QED) is 0.898. The maximum Gasteiger partial charge on any atom is 0.224 e. The standard InChI is InChI=1S/C13H19BrN2O/c1-8(9(2)15)13(17)16-10(3)11-6-4-5-7-12(11)14/h4-10H,15H2,1-3H3,(H,16,17)/t8?,9?,10-/m1/s1. The maximum absolute atomic E-state index is 11.9. The van der Waals surface area contributed by atoms with Gasteiger partial charge in [-0.05, 0) is 25.5 Å². The average molecular weight is 299 g/mol. The fraction of sp³-hybridized carbons (Fsp3) is 0.462. The van der Waals surface area contributed by atoms with Crippen LogP contribution in [0.2, 0.25) is 0 Å². The van der Waals surface area contributed by atoms with Gasteiger partial charge in [0.25, 0.3) is 0 Å². The van der Waals surface area contributed by atoms with Crippen molar-refractivity contribution in [2.24, 2.45) is 11.7 Å². The molecule has 0 spiro atoms. The van der Waals surface area contributed by atoms with Gasteiger partial charge in [-0.1, -0.05) is 41.1 Å². The zero-order valence-electron chi connectivity index (χ0n) is 10.4. The zero-order valence-corrected chi connectivity index (χ0v) is 12.0. The normalized spacial score (nSPS) is 16.1. The molecule has 94 valence electrons. The molecule has 0 aromatic heterocycles. The van der Waals surface area contributed by atoms with Gasteiger partial charge < -0.3 is 11.1 Å². The molecule has 0 aliphatic rings. The van der Waals surface area contributed by atoms with E-state index < -0.39 is 0 Å². The highest BCUT2D eigenvalue weighted by atomic mass is 79.9. The van der Waals surface area contributed by atoms with E-state index in [0.29, 0.717) is 0 Å². The van der Waals surface area contributed by atoms with E-state index in [1.54, 1.807) is 0 Å². The lowest BCUT2D eigenvalue weighted by Crippen LogP contribution is -2.39. The minimum atomic E-state index is -0.181. The lowest BCUT2D eigenvalue weighted by Gasteiger charge is -2.20. The van der Waals surface area contributed by atoms with Gasteiger partial charge >= 0.3 is 0 Å². The largest absolute Gasteiger partial charge is 0.349 e. The Balaban J connectivity index is 2.70. The van der Waals surface area contributed by atoms with Gasteiger partial charge in [0.2, 0.25) is 5.91 Å². The molecule has 0 saturated carbocycles. The highest BCUT2D eigenvalue weighted by molar-refractivity contribution is 9.10. The SMILES string of the molecule is CC(N)C(C)C(=O)N[C@H](C)c1ccccc1Br. The molecule has 1 aromatic carbocycles. The van der Waals surface area contributed by atoms with Gasteiger partial charge in [0.15, 0.2) is 0 Å². The van der Waals surface area contributed by atoms with Crippen LogP contribution >= 0.6 is 15.9 Å². The molecule has 2 unspecified atom stereocenters. The highest BCUT2D eigenvalue weighted by Crippen LogP contribution is 2.23. The van der Waals surface area contributed by atoms with Gasteiger partial charge in [-0.3, -0.25) is 4.79 Å². The van der Waals surface area contributed by atoms with Crippen molar-refractivity contribution in [2.75, 3.05) is 0 Å². The predicted molar refractivity (Wildman–Crippen MR) is 73.5 cm³/mol. The predicted octanol–water partition coefficient (Wildman–Crippen LogP) is 2.61. The third-order valence-corrected chi connectivity index (χ3v) is 3.65. The Hall–Kier alpha value is -0.870. The number of nitrogens with two attached hydrogens (primary N) is 1. The first-order chi connectivity index (χ1) is 7.93. The van der Waals surface area contributed by atoms with Crippen molar-refractivity contribution in [1.82, 2.24) is 5.32 Å². The topological polar surface area (TPSA) is 55.1 Å². The van der Waals surface area contributed by atoms with Crippen LogP contribution in [0.1, 0.15) is 32.4 Å². The summed E-state index contributed by atoms with van der Waals surface area (Å²) < 4.78 is 1.00. The van der Waals surface area contributed by atoms with Gasteiger partial charge in [0.1, 0.15) is 0 Å². The Kier molecular flexibility index (Phi) is 5.15. The van der Waals surface area contributed by atoms with Crippen LogP contribution in [0.3, 0.4) is 0 Å². The average Bonchev–Trinajstić information content (AvgIpc) is 2.28. The number of hydrogen-bond donors (Lipinski definition) is 2. The molecule has 0 heterocycles. The molecule has 1 rings (SSSR count).